The third-order valence-corrected chi connectivity index (χ3v) is 8.28. The van der Waals surface area contributed by atoms with Gasteiger partial charge in [-0.1, -0.05) is 31.5 Å². The highest BCUT2D eigenvalue weighted by molar-refractivity contribution is 5.94. The van der Waals surface area contributed by atoms with Crippen molar-refractivity contribution in [1.29, 1.82) is 0 Å². The van der Waals surface area contributed by atoms with Crippen molar-refractivity contribution in [3.8, 4) is 0 Å². The molecule has 4 rings (SSSR count). The first-order valence-corrected chi connectivity index (χ1v) is 14.1. The lowest BCUT2D eigenvalue weighted by atomic mass is 9.89. The first kappa shape index (κ1) is 30.5. The number of amides is 3. The minimum atomic E-state index is -1.06. The summed E-state index contributed by atoms with van der Waals surface area (Å²) < 4.78 is 41.1. The van der Waals surface area contributed by atoms with Crippen molar-refractivity contribution in [1.82, 2.24) is 15.1 Å². The largest absolute Gasteiger partial charge is 0.369 e. The van der Waals surface area contributed by atoms with Gasteiger partial charge in [-0.2, -0.15) is 0 Å². The fourth-order valence-electron chi connectivity index (χ4n) is 5.64. The number of nitrogens with zero attached hydrogens (tertiary/aromatic N) is 2. The molecular formula is C30H38F3N5O3. The predicted octanol–water partition coefficient (Wildman–Crippen LogP) is 2.59. The fraction of sp³-hybridized carbons (Fsp3) is 0.500. The summed E-state index contributed by atoms with van der Waals surface area (Å²) in [6.07, 6.45) is 2.71. The summed E-state index contributed by atoms with van der Waals surface area (Å²) in [5.41, 5.74) is 11.8. The molecule has 0 aromatic heterocycles. The van der Waals surface area contributed by atoms with Crippen LogP contribution in [0.2, 0.25) is 0 Å². The molecule has 4 unspecified atom stereocenters. The highest BCUT2D eigenvalue weighted by Crippen LogP contribution is 2.33. The molecule has 2 aliphatic rings. The number of nitrogens with two attached hydrogens (primary N) is 2. The zero-order valence-electron chi connectivity index (χ0n) is 23.4. The lowest BCUT2D eigenvalue weighted by Crippen LogP contribution is -2.62. The van der Waals surface area contributed by atoms with Crippen LogP contribution in [0.4, 0.5) is 13.2 Å². The summed E-state index contributed by atoms with van der Waals surface area (Å²) in [6, 6.07) is 7.56. The molecule has 41 heavy (non-hydrogen) atoms. The lowest BCUT2D eigenvalue weighted by molar-refractivity contribution is -0.142. The van der Waals surface area contributed by atoms with Crippen LogP contribution in [0.3, 0.4) is 0 Å². The van der Waals surface area contributed by atoms with Gasteiger partial charge in [0.15, 0.2) is 11.6 Å². The van der Waals surface area contributed by atoms with Crippen LogP contribution >= 0.6 is 0 Å². The Labute approximate surface area is 238 Å². The fourth-order valence-corrected chi connectivity index (χ4v) is 5.64. The van der Waals surface area contributed by atoms with Gasteiger partial charge in [0.1, 0.15) is 11.9 Å². The molecule has 0 spiro atoms. The number of primary amides is 1. The third kappa shape index (κ3) is 7.08. The standard InChI is InChI=1S/C30H38F3N5O3/c1-3-4-22-17-37(18(2)26(27(34)39)20-7-10-23(32)24(33)16-20)13-14-38(22)28(40)25(36-29(41)30(35)11-12-30)15-19-5-8-21(31)9-6-19/h5-10,16,18,22,25-26H,3-4,11-15,17,35H2,1-2H3,(H2,34,39)(H,36,41). The van der Waals surface area contributed by atoms with Crippen LogP contribution in [0.5, 0.6) is 0 Å². The summed E-state index contributed by atoms with van der Waals surface area (Å²) in [5.74, 6) is -4.65. The average molecular weight is 574 g/mol. The van der Waals surface area contributed by atoms with E-state index in [1.807, 2.05) is 18.7 Å². The van der Waals surface area contributed by atoms with E-state index in [9.17, 15) is 27.6 Å². The number of rotatable bonds is 11. The molecule has 1 aliphatic heterocycles. The number of hydrogen-bond acceptors (Lipinski definition) is 5. The Bertz CT molecular complexity index is 1270. The second kappa shape index (κ2) is 12.6. The summed E-state index contributed by atoms with van der Waals surface area (Å²) in [5, 5.41) is 2.85. The highest BCUT2D eigenvalue weighted by Gasteiger charge is 2.47. The van der Waals surface area contributed by atoms with E-state index >= 15 is 0 Å². The zero-order valence-corrected chi connectivity index (χ0v) is 23.4. The maximum absolute atomic E-state index is 14.0. The van der Waals surface area contributed by atoms with Crippen LogP contribution in [0.1, 0.15) is 56.6 Å². The van der Waals surface area contributed by atoms with Crippen LogP contribution in [0.25, 0.3) is 0 Å². The number of piperazine rings is 1. The molecule has 5 N–H and O–H groups in total. The van der Waals surface area contributed by atoms with Crippen LogP contribution in [-0.2, 0) is 20.8 Å². The normalized spacial score (nSPS) is 20.6. The lowest BCUT2D eigenvalue weighted by Gasteiger charge is -2.46. The van der Waals surface area contributed by atoms with Crippen LogP contribution in [0.15, 0.2) is 42.5 Å². The number of hydrogen-bond donors (Lipinski definition) is 3. The van der Waals surface area contributed by atoms with E-state index in [1.165, 1.54) is 18.2 Å². The molecule has 0 bridgehead atoms. The number of benzene rings is 2. The third-order valence-electron chi connectivity index (χ3n) is 8.28. The molecular weight excluding hydrogens is 535 g/mol. The molecule has 1 saturated heterocycles. The topological polar surface area (TPSA) is 122 Å². The van der Waals surface area contributed by atoms with Gasteiger partial charge in [0.05, 0.1) is 11.5 Å². The maximum atomic E-state index is 14.0. The maximum Gasteiger partial charge on any atom is 0.245 e. The minimum Gasteiger partial charge on any atom is -0.369 e. The Hall–Kier alpha value is -3.44. The molecule has 0 radical (unpaired) electrons. The second-order valence-corrected chi connectivity index (χ2v) is 11.3. The SMILES string of the molecule is CCCC1CN(C(C)C(C(N)=O)c2ccc(F)c(F)c2)CCN1C(=O)C(Cc1ccc(F)cc1)NC(=O)C1(N)CC1. The molecule has 222 valence electrons. The highest BCUT2D eigenvalue weighted by atomic mass is 19.2. The second-order valence-electron chi connectivity index (χ2n) is 11.3. The van der Waals surface area contributed by atoms with Gasteiger partial charge in [-0.05, 0) is 61.6 Å². The minimum absolute atomic E-state index is 0.177. The van der Waals surface area contributed by atoms with Gasteiger partial charge in [0.2, 0.25) is 17.7 Å². The van der Waals surface area contributed by atoms with E-state index in [4.69, 9.17) is 11.5 Å². The Kier molecular flexibility index (Phi) is 9.38. The average Bonchev–Trinajstić information content (AvgIpc) is 3.69. The van der Waals surface area contributed by atoms with Gasteiger partial charge in [0.25, 0.3) is 0 Å². The van der Waals surface area contributed by atoms with Gasteiger partial charge in [0, 0.05) is 38.1 Å². The predicted molar refractivity (Wildman–Crippen MR) is 148 cm³/mol. The molecule has 4 atom stereocenters. The van der Waals surface area contributed by atoms with E-state index in [2.05, 4.69) is 5.32 Å². The van der Waals surface area contributed by atoms with Crippen molar-refractivity contribution >= 4 is 17.7 Å². The Morgan fingerprint density at radius 3 is 2.32 bits per heavy atom. The molecule has 2 fully saturated rings. The molecule has 8 nitrogen and oxygen atoms in total. The number of carbonyl (C=O) groups is 3. The Morgan fingerprint density at radius 2 is 1.73 bits per heavy atom. The quantitative estimate of drug-likeness (QED) is 0.382. The molecule has 1 saturated carbocycles. The van der Waals surface area contributed by atoms with Crippen molar-refractivity contribution in [3.05, 3.63) is 71.0 Å². The van der Waals surface area contributed by atoms with E-state index in [0.29, 0.717) is 44.5 Å². The zero-order chi connectivity index (χ0) is 29.9. The molecule has 1 heterocycles. The molecule has 11 heteroatoms. The summed E-state index contributed by atoms with van der Waals surface area (Å²) in [6.45, 7) is 4.96. The van der Waals surface area contributed by atoms with Gasteiger partial charge in [-0.3, -0.25) is 19.3 Å². The van der Waals surface area contributed by atoms with Gasteiger partial charge >= 0.3 is 0 Å². The van der Waals surface area contributed by atoms with Crippen molar-refractivity contribution < 1.29 is 27.6 Å². The number of halogens is 3. The summed E-state index contributed by atoms with van der Waals surface area (Å²) in [7, 11) is 0. The van der Waals surface area contributed by atoms with Crippen LogP contribution in [-0.4, -0.2) is 70.8 Å². The molecule has 1 aliphatic carbocycles. The van der Waals surface area contributed by atoms with Gasteiger partial charge in [-0.25, -0.2) is 13.2 Å². The van der Waals surface area contributed by atoms with Crippen LogP contribution in [0, 0.1) is 17.5 Å². The van der Waals surface area contributed by atoms with E-state index < -0.39 is 46.9 Å². The van der Waals surface area contributed by atoms with Crippen molar-refractivity contribution in [2.45, 2.75) is 75.5 Å². The van der Waals surface area contributed by atoms with Crippen molar-refractivity contribution in [3.63, 3.8) is 0 Å². The van der Waals surface area contributed by atoms with E-state index in [-0.39, 0.29) is 29.8 Å². The first-order valence-electron chi connectivity index (χ1n) is 14.1. The first-order chi connectivity index (χ1) is 19.4. The van der Waals surface area contributed by atoms with E-state index in [1.54, 1.807) is 17.0 Å². The Balaban J connectivity index is 1.53. The molecule has 3 amide bonds. The van der Waals surface area contributed by atoms with Crippen molar-refractivity contribution in [2.24, 2.45) is 11.5 Å². The van der Waals surface area contributed by atoms with Crippen LogP contribution < -0.4 is 16.8 Å². The van der Waals surface area contributed by atoms with Gasteiger partial charge in [-0.15, -0.1) is 0 Å². The summed E-state index contributed by atoms with van der Waals surface area (Å²) in [4.78, 5) is 43.1. The summed E-state index contributed by atoms with van der Waals surface area (Å²) >= 11 is 0. The monoisotopic (exact) mass is 573 g/mol. The van der Waals surface area contributed by atoms with E-state index in [0.717, 1.165) is 18.6 Å². The number of carbonyl (C=O) groups excluding carboxylic acids is 3. The van der Waals surface area contributed by atoms with Crippen molar-refractivity contribution in [2.75, 3.05) is 19.6 Å². The molecule has 2 aromatic rings. The molecule has 2 aromatic carbocycles. The Morgan fingerprint density at radius 1 is 1.05 bits per heavy atom. The van der Waals surface area contributed by atoms with Gasteiger partial charge < -0.3 is 21.7 Å². The number of nitrogens with one attached hydrogen (secondary N) is 1. The smallest absolute Gasteiger partial charge is 0.245 e.